The SMILES string of the molecule is NCc1cccc(CN(CC2CC2)CC2CC2)c1. The van der Waals surface area contributed by atoms with Gasteiger partial charge in [0.05, 0.1) is 0 Å². The molecule has 2 heteroatoms. The largest absolute Gasteiger partial charge is 0.326 e. The first-order chi connectivity index (χ1) is 8.83. The van der Waals surface area contributed by atoms with E-state index < -0.39 is 0 Å². The number of hydrogen-bond donors (Lipinski definition) is 1. The highest BCUT2D eigenvalue weighted by atomic mass is 15.1. The molecular weight excluding hydrogens is 220 g/mol. The lowest BCUT2D eigenvalue weighted by atomic mass is 10.1. The van der Waals surface area contributed by atoms with Crippen molar-refractivity contribution in [2.24, 2.45) is 17.6 Å². The molecule has 2 aliphatic rings. The average molecular weight is 244 g/mol. The molecule has 18 heavy (non-hydrogen) atoms. The minimum Gasteiger partial charge on any atom is -0.326 e. The van der Waals surface area contributed by atoms with Crippen LogP contribution in [-0.4, -0.2) is 18.0 Å². The van der Waals surface area contributed by atoms with Crippen molar-refractivity contribution in [1.82, 2.24) is 4.90 Å². The van der Waals surface area contributed by atoms with E-state index in [1.54, 1.807) is 0 Å². The quantitative estimate of drug-likeness (QED) is 0.799. The van der Waals surface area contributed by atoms with E-state index in [9.17, 15) is 0 Å². The molecule has 2 saturated carbocycles. The minimum atomic E-state index is 0.652. The first-order valence-electron chi connectivity index (χ1n) is 7.33. The fourth-order valence-corrected chi connectivity index (χ4v) is 2.65. The fourth-order valence-electron chi connectivity index (χ4n) is 2.65. The van der Waals surface area contributed by atoms with Gasteiger partial charge >= 0.3 is 0 Å². The van der Waals surface area contributed by atoms with E-state index in [0.717, 1.165) is 18.4 Å². The van der Waals surface area contributed by atoms with Crippen molar-refractivity contribution in [3.05, 3.63) is 35.4 Å². The van der Waals surface area contributed by atoms with Gasteiger partial charge in [0.2, 0.25) is 0 Å². The molecule has 98 valence electrons. The predicted octanol–water partition coefficient (Wildman–Crippen LogP) is 2.77. The van der Waals surface area contributed by atoms with Gasteiger partial charge < -0.3 is 5.73 Å². The minimum absolute atomic E-state index is 0.652. The third-order valence-corrected chi connectivity index (χ3v) is 4.06. The molecular formula is C16H24N2. The summed E-state index contributed by atoms with van der Waals surface area (Å²) in [5.41, 5.74) is 8.40. The Kier molecular flexibility index (Phi) is 3.67. The van der Waals surface area contributed by atoms with Crippen molar-refractivity contribution in [2.45, 2.75) is 38.8 Å². The van der Waals surface area contributed by atoms with Crippen molar-refractivity contribution in [3.8, 4) is 0 Å². The molecule has 0 saturated heterocycles. The Balaban J connectivity index is 1.61. The van der Waals surface area contributed by atoms with Crippen LogP contribution in [0.5, 0.6) is 0 Å². The fraction of sp³-hybridized carbons (Fsp3) is 0.625. The summed E-state index contributed by atoms with van der Waals surface area (Å²) >= 11 is 0. The molecule has 3 rings (SSSR count). The van der Waals surface area contributed by atoms with E-state index in [1.807, 2.05) is 0 Å². The van der Waals surface area contributed by atoms with E-state index in [0.29, 0.717) is 6.54 Å². The van der Waals surface area contributed by atoms with E-state index in [2.05, 4.69) is 29.2 Å². The van der Waals surface area contributed by atoms with Gasteiger partial charge in [-0.2, -0.15) is 0 Å². The van der Waals surface area contributed by atoms with Gasteiger partial charge in [-0.1, -0.05) is 24.3 Å². The summed E-state index contributed by atoms with van der Waals surface area (Å²) < 4.78 is 0. The average Bonchev–Trinajstić information content (AvgIpc) is 3.25. The molecule has 0 bridgehead atoms. The molecule has 0 aromatic heterocycles. The Bertz CT molecular complexity index is 380. The molecule has 0 amide bonds. The Morgan fingerprint density at radius 3 is 2.17 bits per heavy atom. The summed E-state index contributed by atoms with van der Waals surface area (Å²) in [5, 5.41) is 0. The van der Waals surface area contributed by atoms with Gasteiger partial charge in [-0.15, -0.1) is 0 Å². The summed E-state index contributed by atoms with van der Waals surface area (Å²) in [4.78, 5) is 2.67. The molecule has 1 aromatic rings. The predicted molar refractivity (Wildman–Crippen MR) is 75.1 cm³/mol. The third-order valence-electron chi connectivity index (χ3n) is 4.06. The Hall–Kier alpha value is -0.860. The second kappa shape index (κ2) is 5.41. The van der Waals surface area contributed by atoms with Gasteiger partial charge in [0.15, 0.2) is 0 Å². The van der Waals surface area contributed by atoms with E-state index in [-0.39, 0.29) is 0 Å². The molecule has 0 aliphatic heterocycles. The van der Waals surface area contributed by atoms with Crippen LogP contribution in [0.3, 0.4) is 0 Å². The molecule has 0 spiro atoms. The van der Waals surface area contributed by atoms with E-state index in [4.69, 9.17) is 5.73 Å². The number of benzene rings is 1. The molecule has 0 atom stereocenters. The van der Waals surface area contributed by atoms with Gasteiger partial charge in [-0.25, -0.2) is 0 Å². The van der Waals surface area contributed by atoms with Crippen LogP contribution in [0.1, 0.15) is 36.8 Å². The normalized spacial score (nSPS) is 19.4. The lowest BCUT2D eigenvalue weighted by Gasteiger charge is -2.22. The zero-order valence-corrected chi connectivity index (χ0v) is 11.1. The van der Waals surface area contributed by atoms with Crippen LogP contribution in [-0.2, 0) is 13.1 Å². The van der Waals surface area contributed by atoms with Crippen LogP contribution < -0.4 is 5.73 Å². The summed E-state index contributed by atoms with van der Waals surface area (Å²) in [6, 6.07) is 8.78. The van der Waals surface area contributed by atoms with Crippen molar-refractivity contribution < 1.29 is 0 Å². The van der Waals surface area contributed by atoms with Gasteiger partial charge in [0, 0.05) is 26.2 Å². The smallest absolute Gasteiger partial charge is 0.0234 e. The Morgan fingerprint density at radius 2 is 1.61 bits per heavy atom. The highest BCUT2D eigenvalue weighted by Gasteiger charge is 2.29. The molecule has 0 unspecified atom stereocenters. The van der Waals surface area contributed by atoms with E-state index >= 15 is 0 Å². The van der Waals surface area contributed by atoms with Crippen LogP contribution in [0.2, 0.25) is 0 Å². The van der Waals surface area contributed by atoms with Crippen LogP contribution in [0.25, 0.3) is 0 Å². The van der Waals surface area contributed by atoms with Crippen LogP contribution in [0.15, 0.2) is 24.3 Å². The monoisotopic (exact) mass is 244 g/mol. The topological polar surface area (TPSA) is 29.3 Å². The van der Waals surface area contributed by atoms with Crippen molar-refractivity contribution in [2.75, 3.05) is 13.1 Å². The maximum absolute atomic E-state index is 5.72. The second-order valence-electron chi connectivity index (χ2n) is 6.10. The Labute approximate surface area is 110 Å². The van der Waals surface area contributed by atoms with Gasteiger partial charge in [0.25, 0.3) is 0 Å². The number of nitrogens with zero attached hydrogens (tertiary/aromatic N) is 1. The summed E-state index contributed by atoms with van der Waals surface area (Å²) in [6.07, 6.45) is 5.79. The Morgan fingerprint density at radius 1 is 1.00 bits per heavy atom. The van der Waals surface area contributed by atoms with E-state index in [1.165, 1.54) is 49.9 Å². The molecule has 2 aliphatic carbocycles. The van der Waals surface area contributed by atoms with Gasteiger partial charge in [0.1, 0.15) is 0 Å². The zero-order chi connectivity index (χ0) is 12.4. The zero-order valence-electron chi connectivity index (χ0n) is 11.1. The standard InChI is InChI=1S/C16H24N2/c17-9-15-2-1-3-16(8-15)12-18(10-13-4-5-13)11-14-6-7-14/h1-3,8,13-14H,4-7,9-12,17H2. The summed E-state index contributed by atoms with van der Waals surface area (Å²) in [5.74, 6) is 1.97. The molecule has 0 heterocycles. The summed E-state index contributed by atoms with van der Waals surface area (Å²) in [6.45, 7) is 4.38. The summed E-state index contributed by atoms with van der Waals surface area (Å²) in [7, 11) is 0. The molecule has 0 radical (unpaired) electrons. The second-order valence-corrected chi connectivity index (χ2v) is 6.10. The number of rotatable bonds is 7. The number of hydrogen-bond acceptors (Lipinski definition) is 2. The highest BCUT2D eigenvalue weighted by molar-refractivity contribution is 5.23. The molecule has 2 N–H and O–H groups in total. The third kappa shape index (κ3) is 3.56. The van der Waals surface area contributed by atoms with Crippen LogP contribution >= 0.6 is 0 Å². The lowest BCUT2D eigenvalue weighted by molar-refractivity contribution is 0.244. The van der Waals surface area contributed by atoms with Crippen molar-refractivity contribution >= 4 is 0 Å². The highest BCUT2D eigenvalue weighted by Crippen LogP contribution is 2.34. The molecule has 2 nitrogen and oxygen atoms in total. The molecule has 2 fully saturated rings. The molecule has 1 aromatic carbocycles. The first-order valence-corrected chi connectivity index (χ1v) is 7.33. The number of nitrogens with two attached hydrogens (primary N) is 1. The lowest BCUT2D eigenvalue weighted by Crippen LogP contribution is -2.27. The van der Waals surface area contributed by atoms with Crippen LogP contribution in [0.4, 0.5) is 0 Å². The van der Waals surface area contributed by atoms with Gasteiger partial charge in [-0.05, 0) is 48.6 Å². The maximum atomic E-state index is 5.72. The maximum Gasteiger partial charge on any atom is 0.0234 e. The van der Waals surface area contributed by atoms with Gasteiger partial charge in [-0.3, -0.25) is 4.90 Å². The van der Waals surface area contributed by atoms with Crippen molar-refractivity contribution in [1.29, 1.82) is 0 Å². The van der Waals surface area contributed by atoms with Crippen molar-refractivity contribution in [3.63, 3.8) is 0 Å². The van der Waals surface area contributed by atoms with Crippen LogP contribution in [0, 0.1) is 11.8 Å². The first kappa shape index (κ1) is 12.2.